The summed E-state index contributed by atoms with van der Waals surface area (Å²) in [5, 5.41) is 0. The zero-order valence-electron chi connectivity index (χ0n) is 10.0. The van der Waals surface area contributed by atoms with E-state index in [0.29, 0.717) is 12.2 Å². The summed E-state index contributed by atoms with van der Waals surface area (Å²) < 4.78 is 31.4. The van der Waals surface area contributed by atoms with E-state index in [1.807, 2.05) is 6.92 Å². The summed E-state index contributed by atoms with van der Waals surface area (Å²) in [6, 6.07) is 5.99. The fourth-order valence-electron chi connectivity index (χ4n) is 1.34. The monoisotopic (exact) mass is 258 g/mol. The van der Waals surface area contributed by atoms with Crippen LogP contribution >= 0.6 is 0 Å². The molecule has 5 nitrogen and oxygen atoms in total. The molecule has 0 aliphatic heterocycles. The predicted octanol–water partition coefficient (Wildman–Crippen LogP) is 0.711. The second kappa shape index (κ2) is 6.00. The zero-order chi connectivity index (χ0) is 12.9. The van der Waals surface area contributed by atoms with E-state index in [-0.39, 0.29) is 17.5 Å². The highest BCUT2D eigenvalue weighted by molar-refractivity contribution is 7.89. The topological polar surface area (TPSA) is 81.4 Å². The molecule has 1 unspecified atom stereocenters. The maximum Gasteiger partial charge on any atom is 0.240 e. The Morgan fingerprint density at radius 2 is 1.94 bits per heavy atom. The number of nitrogens with one attached hydrogen (secondary N) is 1. The maximum atomic E-state index is 12.0. The standard InChI is InChI=1S/C11H18N2O3S/c1-3-9(8-12)13-17(14,15)11-6-4-10(16-2)5-7-11/h4-7,9,13H,3,8,12H2,1-2H3. The van der Waals surface area contributed by atoms with Crippen LogP contribution in [0.2, 0.25) is 0 Å². The van der Waals surface area contributed by atoms with Gasteiger partial charge in [-0.2, -0.15) is 0 Å². The molecule has 1 aromatic rings. The van der Waals surface area contributed by atoms with Crippen LogP contribution in [0.1, 0.15) is 13.3 Å². The minimum Gasteiger partial charge on any atom is -0.497 e. The number of ether oxygens (including phenoxy) is 1. The first-order valence-electron chi connectivity index (χ1n) is 5.40. The van der Waals surface area contributed by atoms with E-state index in [1.54, 1.807) is 12.1 Å². The Labute approximate surface area is 102 Å². The first kappa shape index (κ1) is 14.0. The fraction of sp³-hybridized carbons (Fsp3) is 0.455. The lowest BCUT2D eigenvalue weighted by molar-refractivity contribution is 0.414. The van der Waals surface area contributed by atoms with E-state index in [2.05, 4.69) is 4.72 Å². The van der Waals surface area contributed by atoms with Gasteiger partial charge in [0.2, 0.25) is 10.0 Å². The molecule has 1 rings (SSSR count). The maximum absolute atomic E-state index is 12.0. The first-order valence-corrected chi connectivity index (χ1v) is 6.88. The lowest BCUT2D eigenvalue weighted by atomic mass is 10.2. The highest BCUT2D eigenvalue weighted by Crippen LogP contribution is 2.15. The molecule has 1 aromatic carbocycles. The van der Waals surface area contributed by atoms with Gasteiger partial charge in [0, 0.05) is 12.6 Å². The normalized spacial score (nSPS) is 13.4. The highest BCUT2D eigenvalue weighted by atomic mass is 32.2. The number of hydrogen-bond donors (Lipinski definition) is 2. The minimum absolute atomic E-state index is 0.213. The third-order valence-corrected chi connectivity index (χ3v) is 4.01. The fourth-order valence-corrected chi connectivity index (χ4v) is 2.67. The van der Waals surface area contributed by atoms with Crippen molar-refractivity contribution in [2.75, 3.05) is 13.7 Å². The van der Waals surface area contributed by atoms with Crippen LogP contribution in [-0.2, 0) is 10.0 Å². The summed E-state index contributed by atoms with van der Waals surface area (Å²) >= 11 is 0. The third-order valence-electron chi connectivity index (χ3n) is 2.47. The average molecular weight is 258 g/mol. The molecule has 0 spiro atoms. The van der Waals surface area contributed by atoms with Crippen LogP contribution in [0.5, 0.6) is 5.75 Å². The summed E-state index contributed by atoms with van der Waals surface area (Å²) in [6.07, 6.45) is 0.659. The van der Waals surface area contributed by atoms with E-state index >= 15 is 0 Å². The highest BCUT2D eigenvalue weighted by Gasteiger charge is 2.17. The van der Waals surface area contributed by atoms with Crippen LogP contribution in [-0.4, -0.2) is 28.1 Å². The Balaban J connectivity index is 2.89. The number of nitrogens with two attached hydrogens (primary N) is 1. The van der Waals surface area contributed by atoms with E-state index < -0.39 is 10.0 Å². The van der Waals surface area contributed by atoms with Gasteiger partial charge >= 0.3 is 0 Å². The zero-order valence-corrected chi connectivity index (χ0v) is 10.8. The van der Waals surface area contributed by atoms with Crippen molar-refractivity contribution in [3.63, 3.8) is 0 Å². The van der Waals surface area contributed by atoms with Gasteiger partial charge in [0.15, 0.2) is 0 Å². The summed E-state index contributed by atoms with van der Waals surface area (Å²) in [6.45, 7) is 2.17. The van der Waals surface area contributed by atoms with Crippen molar-refractivity contribution in [1.29, 1.82) is 0 Å². The smallest absolute Gasteiger partial charge is 0.240 e. The van der Waals surface area contributed by atoms with Crippen molar-refractivity contribution in [2.45, 2.75) is 24.3 Å². The van der Waals surface area contributed by atoms with Crippen molar-refractivity contribution in [2.24, 2.45) is 5.73 Å². The molecule has 0 saturated carbocycles. The number of rotatable bonds is 6. The SMILES string of the molecule is CCC(CN)NS(=O)(=O)c1ccc(OC)cc1. The molecule has 17 heavy (non-hydrogen) atoms. The Kier molecular flexibility index (Phi) is 4.92. The van der Waals surface area contributed by atoms with Crippen molar-refractivity contribution < 1.29 is 13.2 Å². The lowest BCUT2D eigenvalue weighted by Gasteiger charge is -2.14. The Bertz CT molecular complexity index is 438. The molecule has 6 heteroatoms. The number of sulfonamides is 1. The van der Waals surface area contributed by atoms with Gasteiger partial charge in [-0.3, -0.25) is 0 Å². The van der Waals surface area contributed by atoms with Gasteiger partial charge in [-0.25, -0.2) is 13.1 Å². The second-order valence-electron chi connectivity index (χ2n) is 3.64. The van der Waals surface area contributed by atoms with E-state index in [1.165, 1.54) is 19.2 Å². The third kappa shape index (κ3) is 3.69. The largest absolute Gasteiger partial charge is 0.497 e. The van der Waals surface area contributed by atoms with Gasteiger partial charge < -0.3 is 10.5 Å². The average Bonchev–Trinajstić information content (AvgIpc) is 2.36. The van der Waals surface area contributed by atoms with Crippen molar-refractivity contribution in [1.82, 2.24) is 4.72 Å². The quantitative estimate of drug-likeness (QED) is 0.787. The van der Waals surface area contributed by atoms with Crippen molar-refractivity contribution in [3.05, 3.63) is 24.3 Å². The molecule has 0 radical (unpaired) electrons. The van der Waals surface area contributed by atoms with Crippen LogP contribution in [0, 0.1) is 0 Å². The molecule has 0 heterocycles. The Hall–Kier alpha value is -1.11. The lowest BCUT2D eigenvalue weighted by Crippen LogP contribution is -2.39. The summed E-state index contributed by atoms with van der Waals surface area (Å²) in [7, 11) is -1.96. The van der Waals surface area contributed by atoms with E-state index in [4.69, 9.17) is 10.5 Å². The van der Waals surface area contributed by atoms with E-state index in [0.717, 1.165) is 0 Å². The molecule has 0 fully saturated rings. The molecule has 3 N–H and O–H groups in total. The number of benzene rings is 1. The van der Waals surface area contributed by atoms with Gasteiger partial charge in [-0.15, -0.1) is 0 Å². The molecule has 0 aliphatic carbocycles. The second-order valence-corrected chi connectivity index (χ2v) is 5.35. The molecule has 0 bridgehead atoms. The van der Waals surface area contributed by atoms with Crippen LogP contribution in [0.3, 0.4) is 0 Å². The van der Waals surface area contributed by atoms with Gasteiger partial charge in [-0.05, 0) is 30.7 Å². The van der Waals surface area contributed by atoms with Gasteiger partial charge in [0.05, 0.1) is 12.0 Å². The van der Waals surface area contributed by atoms with Gasteiger partial charge in [-0.1, -0.05) is 6.92 Å². The molecule has 0 aromatic heterocycles. The first-order chi connectivity index (χ1) is 8.03. The molecular formula is C11H18N2O3S. The molecule has 96 valence electrons. The number of hydrogen-bond acceptors (Lipinski definition) is 4. The van der Waals surface area contributed by atoms with Crippen LogP contribution < -0.4 is 15.2 Å². The van der Waals surface area contributed by atoms with E-state index in [9.17, 15) is 8.42 Å². The predicted molar refractivity (Wildman–Crippen MR) is 66.4 cm³/mol. The Morgan fingerprint density at radius 1 is 1.35 bits per heavy atom. The van der Waals surface area contributed by atoms with Crippen LogP contribution in [0.4, 0.5) is 0 Å². The number of methoxy groups -OCH3 is 1. The van der Waals surface area contributed by atoms with Crippen molar-refractivity contribution >= 4 is 10.0 Å². The molecule has 0 saturated heterocycles. The van der Waals surface area contributed by atoms with Gasteiger partial charge in [0.25, 0.3) is 0 Å². The summed E-state index contributed by atoms with van der Waals surface area (Å²) in [5.41, 5.74) is 5.47. The summed E-state index contributed by atoms with van der Waals surface area (Å²) in [5.74, 6) is 0.620. The van der Waals surface area contributed by atoms with Crippen LogP contribution in [0.15, 0.2) is 29.2 Å². The van der Waals surface area contributed by atoms with Crippen LogP contribution in [0.25, 0.3) is 0 Å². The Morgan fingerprint density at radius 3 is 2.35 bits per heavy atom. The summed E-state index contributed by atoms with van der Waals surface area (Å²) in [4.78, 5) is 0.213. The molecule has 1 atom stereocenters. The molecule has 0 aliphatic rings. The molecule has 0 amide bonds. The minimum atomic E-state index is -3.49. The van der Waals surface area contributed by atoms with Gasteiger partial charge in [0.1, 0.15) is 5.75 Å². The van der Waals surface area contributed by atoms with Crippen molar-refractivity contribution in [3.8, 4) is 5.75 Å². The molecular weight excluding hydrogens is 240 g/mol.